The van der Waals surface area contributed by atoms with Crippen LogP contribution in [-0.2, 0) is 9.59 Å². The van der Waals surface area contributed by atoms with Crippen LogP contribution < -0.4 is 0 Å². The summed E-state index contributed by atoms with van der Waals surface area (Å²) in [6.45, 7) is 4.57. The Bertz CT molecular complexity index is 362. The molecule has 1 heterocycles. The molecular weight excluding hydrogens is 234 g/mol. The lowest BCUT2D eigenvalue weighted by Gasteiger charge is -2.47. The summed E-state index contributed by atoms with van der Waals surface area (Å²) in [5.74, 6) is -1.64. The first-order valence-electron chi connectivity index (χ1n) is 6.60. The van der Waals surface area contributed by atoms with Gasteiger partial charge in [-0.2, -0.15) is 0 Å². The molecule has 3 atom stereocenters. The number of carbonyl (C=O) groups is 2. The van der Waals surface area contributed by atoms with Crippen molar-refractivity contribution in [1.82, 2.24) is 4.90 Å². The lowest BCUT2D eigenvalue weighted by Crippen LogP contribution is -2.64. The molecule has 5 nitrogen and oxygen atoms in total. The van der Waals surface area contributed by atoms with Crippen LogP contribution in [0.2, 0.25) is 0 Å². The molecule has 2 fully saturated rings. The van der Waals surface area contributed by atoms with Crippen molar-refractivity contribution < 1.29 is 19.8 Å². The molecule has 1 saturated carbocycles. The third-order valence-corrected chi connectivity index (χ3v) is 4.37. The van der Waals surface area contributed by atoms with E-state index in [9.17, 15) is 14.7 Å². The van der Waals surface area contributed by atoms with Crippen molar-refractivity contribution in [2.75, 3.05) is 13.1 Å². The Morgan fingerprint density at radius 1 is 1.28 bits per heavy atom. The molecule has 0 spiro atoms. The number of amides is 1. The minimum Gasteiger partial charge on any atom is -0.481 e. The number of carboxylic acids is 1. The van der Waals surface area contributed by atoms with E-state index in [4.69, 9.17) is 5.11 Å². The van der Waals surface area contributed by atoms with E-state index in [-0.39, 0.29) is 11.8 Å². The number of carbonyl (C=O) groups excluding carboxylic acids is 1. The maximum atomic E-state index is 12.2. The summed E-state index contributed by atoms with van der Waals surface area (Å²) in [5.41, 5.74) is -0.751. The van der Waals surface area contributed by atoms with E-state index >= 15 is 0 Å². The van der Waals surface area contributed by atoms with E-state index in [1.165, 1.54) is 0 Å². The van der Waals surface area contributed by atoms with Gasteiger partial charge in [-0.25, -0.2) is 0 Å². The van der Waals surface area contributed by atoms with Gasteiger partial charge in [-0.1, -0.05) is 13.8 Å². The standard InChI is InChI=1S/C13H21NO4/c1-3-13(18)6-14(7-13)11(15)9-4-8(2)5-10(9)12(16)17/h8-10,18H,3-7H2,1-2H3,(H,16,17). The summed E-state index contributed by atoms with van der Waals surface area (Å²) in [4.78, 5) is 25.0. The predicted molar refractivity (Wildman–Crippen MR) is 64.8 cm³/mol. The fourth-order valence-electron chi connectivity index (χ4n) is 3.12. The van der Waals surface area contributed by atoms with Crippen LogP contribution in [0.3, 0.4) is 0 Å². The molecule has 0 aromatic rings. The molecule has 1 aliphatic heterocycles. The second kappa shape index (κ2) is 4.53. The van der Waals surface area contributed by atoms with Gasteiger partial charge in [0.05, 0.1) is 30.5 Å². The number of rotatable bonds is 3. The second-order valence-electron chi connectivity index (χ2n) is 5.90. The summed E-state index contributed by atoms with van der Waals surface area (Å²) < 4.78 is 0. The maximum absolute atomic E-state index is 12.2. The average molecular weight is 255 g/mol. The monoisotopic (exact) mass is 255 g/mol. The highest BCUT2D eigenvalue weighted by Gasteiger charge is 2.48. The van der Waals surface area contributed by atoms with E-state index in [1.54, 1.807) is 4.90 Å². The Morgan fingerprint density at radius 2 is 1.83 bits per heavy atom. The number of likely N-dealkylation sites (tertiary alicyclic amines) is 1. The van der Waals surface area contributed by atoms with Crippen molar-refractivity contribution in [2.24, 2.45) is 17.8 Å². The largest absolute Gasteiger partial charge is 0.481 e. The number of hydrogen-bond acceptors (Lipinski definition) is 3. The molecule has 1 amide bonds. The Labute approximate surface area is 107 Å². The minimum absolute atomic E-state index is 0.0927. The van der Waals surface area contributed by atoms with Gasteiger partial charge in [-0.05, 0) is 25.2 Å². The predicted octanol–water partition coefficient (Wildman–Crippen LogP) is 0.717. The minimum atomic E-state index is -0.871. The summed E-state index contributed by atoms with van der Waals surface area (Å²) >= 11 is 0. The van der Waals surface area contributed by atoms with Gasteiger partial charge in [0.25, 0.3) is 0 Å². The highest BCUT2D eigenvalue weighted by atomic mass is 16.4. The fraction of sp³-hybridized carbons (Fsp3) is 0.846. The van der Waals surface area contributed by atoms with Crippen molar-refractivity contribution in [2.45, 2.75) is 38.7 Å². The van der Waals surface area contributed by atoms with Gasteiger partial charge in [0.15, 0.2) is 0 Å². The molecule has 3 unspecified atom stereocenters. The van der Waals surface area contributed by atoms with Crippen molar-refractivity contribution >= 4 is 11.9 Å². The first-order valence-corrected chi connectivity index (χ1v) is 6.60. The Hall–Kier alpha value is -1.10. The SMILES string of the molecule is CCC1(O)CN(C(=O)C2CC(C)CC2C(=O)O)C1. The maximum Gasteiger partial charge on any atom is 0.307 e. The number of nitrogens with zero attached hydrogens (tertiary/aromatic N) is 1. The Kier molecular flexibility index (Phi) is 3.36. The van der Waals surface area contributed by atoms with Crippen LogP contribution in [0.15, 0.2) is 0 Å². The van der Waals surface area contributed by atoms with Gasteiger partial charge < -0.3 is 15.1 Å². The van der Waals surface area contributed by atoms with Crippen LogP contribution in [0.5, 0.6) is 0 Å². The lowest BCUT2D eigenvalue weighted by molar-refractivity contribution is -0.164. The molecular formula is C13H21NO4. The smallest absolute Gasteiger partial charge is 0.307 e. The van der Waals surface area contributed by atoms with Gasteiger partial charge in [0, 0.05) is 0 Å². The Balaban J connectivity index is 1.99. The quantitative estimate of drug-likeness (QED) is 0.779. The zero-order valence-corrected chi connectivity index (χ0v) is 10.9. The first-order chi connectivity index (χ1) is 8.36. The van der Waals surface area contributed by atoms with Crippen LogP contribution in [-0.4, -0.2) is 45.7 Å². The molecule has 5 heteroatoms. The summed E-state index contributed by atoms with van der Waals surface area (Å²) in [6.07, 6.45) is 1.86. The molecule has 102 valence electrons. The van der Waals surface area contributed by atoms with Crippen molar-refractivity contribution in [3.05, 3.63) is 0 Å². The van der Waals surface area contributed by atoms with Crippen LogP contribution in [0.4, 0.5) is 0 Å². The molecule has 1 aliphatic carbocycles. The molecule has 0 aromatic heterocycles. The van der Waals surface area contributed by atoms with Crippen LogP contribution in [0, 0.1) is 17.8 Å². The number of aliphatic hydroxyl groups is 1. The number of hydrogen-bond donors (Lipinski definition) is 2. The number of carboxylic acid groups (broad SMARTS) is 1. The van der Waals surface area contributed by atoms with Crippen molar-refractivity contribution in [1.29, 1.82) is 0 Å². The zero-order valence-electron chi connectivity index (χ0n) is 10.9. The van der Waals surface area contributed by atoms with E-state index in [1.807, 2.05) is 13.8 Å². The molecule has 0 aromatic carbocycles. The fourth-order valence-corrected chi connectivity index (χ4v) is 3.12. The third-order valence-electron chi connectivity index (χ3n) is 4.37. The second-order valence-corrected chi connectivity index (χ2v) is 5.90. The van der Waals surface area contributed by atoms with E-state index in [0.717, 1.165) is 0 Å². The van der Waals surface area contributed by atoms with Crippen molar-refractivity contribution in [3.8, 4) is 0 Å². The highest BCUT2D eigenvalue weighted by Crippen LogP contribution is 2.39. The van der Waals surface area contributed by atoms with Crippen molar-refractivity contribution in [3.63, 3.8) is 0 Å². The molecule has 2 rings (SSSR count). The normalized spacial score (nSPS) is 34.2. The Morgan fingerprint density at radius 3 is 2.33 bits per heavy atom. The van der Waals surface area contributed by atoms with Crippen LogP contribution in [0.25, 0.3) is 0 Å². The highest BCUT2D eigenvalue weighted by molar-refractivity contribution is 5.86. The average Bonchev–Trinajstić information content (AvgIpc) is 2.66. The summed E-state index contributed by atoms with van der Waals surface area (Å²) in [6, 6.07) is 0. The summed E-state index contributed by atoms with van der Waals surface area (Å²) in [5, 5.41) is 19.0. The molecule has 18 heavy (non-hydrogen) atoms. The first kappa shape index (κ1) is 13.3. The van der Waals surface area contributed by atoms with Gasteiger partial charge in [-0.15, -0.1) is 0 Å². The number of β-amino-alcohol motifs (C(OH)–C–C–N with tert-alkyl or cyclic N) is 1. The molecule has 0 radical (unpaired) electrons. The lowest BCUT2D eigenvalue weighted by atomic mass is 9.87. The molecule has 0 bridgehead atoms. The summed E-state index contributed by atoms with van der Waals surface area (Å²) in [7, 11) is 0. The van der Waals surface area contributed by atoms with Crippen LogP contribution >= 0.6 is 0 Å². The van der Waals surface area contributed by atoms with E-state index < -0.39 is 23.4 Å². The topological polar surface area (TPSA) is 77.8 Å². The van der Waals surface area contributed by atoms with Gasteiger partial charge in [0.2, 0.25) is 5.91 Å². The molecule has 2 aliphatic rings. The van der Waals surface area contributed by atoms with Gasteiger partial charge in [-0.3, -0.25) is 9.59 Å². The van der Waals surface area contributed by atoms with Gasteiger partial charge >= 0.3 is 5.97 Å². The van der Waals surface area contributed by atoms with E-state index in [0.29, 0.717) is 32.4 Å². The van der Waals surface area contributed by atoms with Gasteiger partial charge in [0.1, 0.15) is 0 Å². The van der Waals surface area contributed by atoms with E-state index in [2.05, 4.69) is 0 Å². The molecule has 1 saturated heterocycles. The zero-order chi connectivity index (χ0) is 13.5. The third kappa shape index (κ3) is 2.23. The number of aliphatic carboxylic acids is 1. The van der Waals surface area contributed by atoms with Crippen LogP contribution in [0.1, 0.15) is 33.1 Å². The molecule has 2 N–H and O–H groups in total.